The molecule has 5 heteroatoms. The first kappa shape index (κ1) is 5.92. The van der Waals surface area contributed by atoms with Crippen LogP contribution < -0.4 is 0 Å². The van der Waals surface area contributed by atoms with Gasteiger partial charge in [0.25, 0.3) is 0 Å². The molecule has 1 unspecified atom stereocenters. The molecule has 0 heterocycles. The summed E-state index contributed by atoms with van der Waals surface area (Å²) in [6.07, 6.45) is 0. The highest BCUT2D eigenvalue weighted by atomic mass is 31.1. The lowest BCUT2D eigenvalue weighted by atomic mass is 11.5. The van der Waals surface area contributed by atoms with E-state index in [1.807, 2.05) is 0 Å². The standard InChI is InChI=1S/CH2F2O2P/c2-1(3)5-6-4/h1,6H/q+1. The molecule has 0 fully saturated rings. The third-order valence-electron chi connectivity index (χ3n) is 0.137. The molecule has 0 aliphatic heterocycles. The minimum absolute atomic E-state index is 1.36. The normalized spacial score (nSPS) is 10.5. The molecule has 0 aliphatic rings. The summed E-state index contributed by atoms with van der Waals surface area (Å²) in [6, 6.07) is 0. The second-order valence-electron chi connectivity index (χ2n) is 0.462. The van der Waals surface area contributed by atoms with Gasteiger partial charge < -0.3 is 0 Å². The van der Waals surface area contributed by atoms with Gasteiger partial charge >= 0.3 is 15.3 Å². The Kier molecular flexibility index (Phi) is 3.08. The summed E-state index contributed by atoms with van der Waals surface area (Å²) in [5.74, 6) is 0. The number of hydrogen-bond donors (Lipinski definition) is 0. The summed E-state index contributed by atoms with van der Waals surface area (Å²) < 4.78 is 33.5. The van der Waals surface area contributed by atoms with Crippen molar-refractivity contribution < 1.29 is 17.9 Å². The minimum Gasteiger partial charge on any atom is -0.175 e. The zero-order valence-corrected chi connectivity index (χ0v) is 3.65. The second-order valence-corrected chi connectivity index (χ2v) is 0.864. The van der Waals surface area contributed by atoms with Crippen molar-refractivity contribution in [3.05, 3.63) is 0 Å². The van der Waals surface area contributed by atoms with Crippen LogP contribution in [0.3, 0.4) is 0 Å². The van der Waals surface area contributed by atoms with Crippen LogP contribution in [0.15, 0.2) is 0 Å². The number of hydrogen-bond acceptors (Lipinski definition) is 2. The van der Waals surface area contributed by atoms with Crippen LogP contribution in [-0.2, 0) is 9.09 Å². The highest BCUT2D eigenvalue weighted by Gasteiger charge is 2.04. The Morgan fingerprint density at radius 2 is 2.17 bits per heavy atom. The molecule has 0 aromatic carbocycles. The van der Waals surface area contributed by atoms with Crippen molar-refractivity contribution in [2.75, 3.05) is 0 Å². The average molecular weight is 115 g/mol. The molecule has 0 rings (SSSR count). The molecular formula is CH2F2O2P+. The van der Waals surface area contributed by atoms with Gasteiger partial charge in [0.05, 0.1) is 0 Å². The van der Waals surface area contributed by atoms with Crippen LogP contribution in [0.1, 0.15) is 0 Å². The molecule has 2 nitrogen and oxygen atoms in total. The Bertz CT molecular complexity index is 46.8. The molecule has 0 aliphatic carbocycles. The lowest BCUT2D eigenvalue weighted by molar-refractivity contribution is -0.0404. The van der Waals surface area contributed by atoms with E-state index < -0.39 is 15.3 Å². The average Bonchev–Trinajstić information content (AvgIpc) is 1.35. The summed E-state index contributed by atoms with van der Waals surface area (Å²) in [5.41, 5.74) is 0. The van der Waals surface area contributed by atoms with Crippen LogP contribution in [0.4, 0.5) is 8.78 Å². The smallest absolute Gasteiger partial charge is 0.175 e. The van der Waals surface area contributed by atoms with Crippen molar-refractivity contribution in [1.82, 2.24) is 0 Å². The first-order valence-corrected chi connectivity index (χ1v) is 1.90. The van der Waals surface area contributed by atoms with Crippen LogP contribution in [0, 0.1) is 0 Å². The van der Waals surface area contributed by atoms with E-state index in [1.165, 1.54) is 0 Å². The predicted octanol–water partition coefficient (Wildman–Crippen LogP) is 1.16. The summed E-state index contributed by atoms with van der Waals surface area (Å²) in [6.45, 7) is -2.90. The summed E-state index contributed by atoms with van der Waals surface area (Å²) in [4.78, 5) is 0. The van der Waals surface area contributed by atoms with Gasteiger partial charge in [0.1, 0.15) is 0 Å². The maximum atomic E-state index is 10.6. The van der Waals surface area contributed by atoms with Gasteiger partial charge in [-0.15, -0.1) is 0 Å². The van der Waals surface area contributed by atoms with Gasteiger partial charge in [-0.1, -0.05) is 4.52 Å². The second kappa shape index (κ2) is 3.12. The summed E-state index contributed by atoms with van der Waals surface area (Å²) >= 11 is 0. The number of alkyl halides is 2. The fourth-order valence-corrected chi connectivity index (χ4v) is 0.109. The Hall–Kier alpha value is -0.0800. The van der Waals surface area contributed by atoms with Crippen LogP contribution >= 0.6 is 8.69 Å². The highest BCUT2D eigenvalue weighted by Crippen LogP contribution is 2.03. The zero-order chi connectivity index (χ0) is 4.99. The molecule has 0 aromatic heterocycles. The number of halogens is 2. The van der Waals surface area contributed by atoms with E-state index in [1.54, 1.807) is 0 Å². The van der Waals surface area contributed by atoms with E-state index in [2.05, 4.69) is 4.52 Å². The van der Waals surface area contributed by atoms with E-state index in [9.17, 15) is 8.78 Å². The molecule has 0 aromatic rings. The first-order valence-electron chi connectivity index (χ1n) is 1.08. The molecule has 0 amide bonds. The third-order valence-corrected chi connectivity index (χ3v) is 0.412. The third kappa shape index (κ3) is 3.92. The highest BCUT2D eigenvalue weighted by molar-refractivity contribution is 7.17. The van der Waals surface area contributed by atoms with Crippen molar-refractivity contribution in [3.8, 4) is 0 Å². The SMILES string of the molecule is O=[PH+]OC(F)F. The maximum absolute atomic E-state index is 10.6. The first-order chi connectivity index (χ1) is 2.77. The summed E-state index contributed by atoms with van der Waals surface area (Å²) in [5, 5.41) is 0. The number of rotatable bonds is 2. The molecule has 0 N–H and O–H groups in total. The van der Waals surface area contributed by atoms with Crippen LogP contribution in [0.2, 0.25) is 0 Å². The van der Waals surface area contributed by atoms with E-state index in [4.69, 9.17) is 4.57 Å². The van der Waals surface area contributed by atoms with Gasteiger partial charge in [0, 0.05) is 0 Å². The Morgan fingerprint density at radius 3 is 2.17 bits per heavy atom. The van der Waals surface area contributed by atoms with Crippen molar-refractivity contribution >= 4 is 8.69 Å². The molecule has 0 saturated carbocycles. The molecular weight excluding hydrogens is 113 g/mol. The molecule has 0 radical (unpaired) electrons. The fraction of sp³-hybridized carbons (Fsp3) is 1.00. The lowest BCUT2D eigenvalue weighted by Gasteiger charge is -1.74. The van der Waals surface area contributed by atoms with Gasteiger partial charge in [0.15, 0.2) is 0 Å². The Labute approximate surface area is 34.4 Å². The molecule has 6 heavy (non-hydrogen) atoms. The van der Waals surface area contributed by atoms with Crippen molar-refractivity contribution in [1.29, 1.82) is 0 Å². The Morgan fingerprint density at radius 1 is 1.67 bits per heavy atom. The molecule has 36 valence electrons. The summed E-state index contributed by atoms with van der Waals surface area (Å²) in [7, 11) is -1.36. The fourth-order valence-electron chi connectivity index (χ4n) is 0.0364. The van der Waals surface area contributed by atoms with E-state index in [0.717, 1.165) is 0 Å². The monoisotopic (exact) mass is 115 g/mol. The van der Waals surface area contributed by atoms with Gasteiger partial charge in [0.2, 0.25) is 0 Å². The van der Waals surface area contributed by atoms with Gasteiger partial charge in [-0.05, 0) is 4.57 Å². The predicted molar refractivity (Wildman–Crippen MR) is 16.1 cm³/mol. The molecule has 0 spiro atoms. The van der Waals surface area contributed by atoms with Gasteiger partial charge in [-0.3, -0.25) is 0 Å². The quantitative estimate of drug-likeness (QED) is 0.505. The van der Waals surface area contributed by atoms with Crippen molar-refractivity contribution in [2.45, 2.75) is 6.61 Å². The van der Waals surface area contributed by atoms with Gasteiger partial charge in [-0.2, -0.15) is 8.78 Å². The zero-order valence-electron chi connectivity index (χ0n) is 2.65. The maximum Gasteiger partial charge on any atom is 0.500 e. The minimum atomic E-state index is -2.90. The van der Waals surface area contributed by atoms with Crippen LogP contribution in [0.5, 0.6) is 0 Å². The van der Waals surface area contributed by atoms with Crippen molar-refractivity contribution in [3.63, 3.8) is 0 Å². The molecule has 0 bridgehead atoms. The van der Waals surface area contributed by atoms with E-state index in [0.29, 0.717) is 0 Å². The largest absolute Gasteiger partial charge is 0.500 e. The van der Waals surface area contributed by atoms with Gasteiger partial charge in [-0.25, -0.2) is 0 Å². The molecule has 0 saturated heterocycles. The van der Waals surface area contributed by atoms with E-state index >= 15 is 0 Å². The van der Waals surface area contributed by atoms with Crippen LogP contribution in [0.25, 0.3) is 0 Å². The van der Waals surface area contributed by atoms with Crippen molar-refractivity contribution in [2.24, 2.45) is 0 Å². The van der Waals surface area contributed by atoms with E-state index in [-0.39, 0.29) is 0 Å². The topological polar surface area (TPSA) is 26.3 Å². The van der Waals surface area contributed by atoms with Crippen LogP contribution in [-0.4, -0.2) is 6.61 Å². The molecule has 1 atom stereocenters. The lowest BCUT2D eigenvalue weighted by Crippen LogP contribution is -1.83. The Balaban J connectivity index is 2.81.